The monoisotopic (exact) mass is 459 g/mol. The highest BCUT2D eigenvalue weighted by molar-refractivity contribution is 6.24. The Morgan fingerprint density at radius 3 is 2.45 bits per heavy atom. The maximum atomic E-state index is 13.2. The first-order valence-corrected chi connectivity index (χ1v) is 9.52. The zero-order valence-corrected chi connectivity index (χ0v) is 16.5. The smallest absolute Gasteiger partial charge is 0.361 e. The molecule has 1 aliphatic carbocycles. The molecular weight excluding hydrogens is 445 g/mol. The molecule has 1 fully saturated rings. The molecule has 0 saturated heterocycles. The summed E-state index contributed by atoms with van der Waals surface area (Å²) < 4.78 is 66.3. The molecule has 0 radical (unpaired) electrons. The van der Waals surface area contributed by atoms with Crippen LogP contribution in [0.4, 0.5) is 27.8 Å². The van der Waals surface area contributed by atoms with Gasteiger partial charge in [-0.25, -0.2) is 14.4 Å². The van der Waals surface area contributed by atoms with Crippen molar-refractivity contribution >= 4 is 29.1 Å². The number of fused-ring (bicyclic) bond motifs is 1. The van der Waals surface area contributed by atoms with Gasteiger partial charge >= 0.3 is 12.1 Å². The molecule has 6 nitrogen and oxygen atoms in total. The third kappa shape index (κ3) is 4.14. The number of hydrogen-bond acceptors (Lipinski definition) is 4. The van der Waals surface area contributed by atoms with E-state index in [0.29, 0.717) is 16.8 Å². The van der Waals surface area contributed by atoms with Crippen LogP contribution in [0, 0.1) is 0 Å². The van der Waals surface area contributed by atoms with Crippen LogP contribution >= 0.6 is 11.8 Å². The molecule has 3 aromatic rings. The summed E-state index contributed by atoms with van der Waals surface area (Å²) in [6, 6.07) is 6.58. The number of rotatable bonds is 6. The minimum absolute atomic E-state index is 0.0516. The number of amides is 1. The molecule has 0 spiro atoms. The maximum Gasteiger partial charge on any atom is 0.455 e. The van der Waals surface area contributed by atoms with Crippen molar-refractivity contribution in [2.75, 3.05) is 11.9 Å². The number of nitrogens with zero attached hydrogens (tertiary/aromatic N) is 4. The molecule has 12 heteroatoms. The fourth-order valence-electron chi connectivity index (χ4n) is 2.93. The van der Waals surface area contributed by atoms with Gasteiger partial charge in [0, 0.05) is 41.3 Å². The number of benzene rings is 1. The lowest BCUT2D eigenvalue weighted by molar-refractivity contribution is -0.275. The lowest BCUT2D eigenvalue weighted by atomic mass is 10.1. The number of imidazole rings is 1. The van der Waals surface area contributed by atoms with E-state index in [0.717, 1.165) is 12.8 Å². The number of nitrogens with one attached hydrogen (secondary N) is 1. The zero-order valence-electron chi connectivity index (χ0n) is 15.7. The number of hydrogen-bond donors (Lipinski definition) is 1. The van der Waals surface area contributed by atoms with Gasteiger partial charge in [0.15, 0.2) is 11.5 Å². The molecule has 31 heavy (non-hydrogen) atoms. The fraction of sp³-hybridized carbons (Fsp3) is 0.316. The maximum absolute atomic E-state index is 13.2. The van der Waals surface area contributed by atoms with Crippen LogP contribution in [0.1, 0.15) is 23.2 Å². The molecule has 2 heterocycles. The van der Waals surface area contributed by atoms with E-state index >= 15 is 0 Å². The van der Waals surface area contributed by atoms with Gasteiger partial charge in [-0.15, -0.1) is 0 Å². The van der Waals surface area contributed by atoms with Crippen LogP contribution in [0.3, 0.4) is 0 Å². The molecule has 0 unspecified atom stereocenters. The Morgan fingerprint density at radius 1 is 1.16 bits per heavy atom. The van der Waals surface area contributed by atoms with Crippen LogP contribution in [0.5, 0.6) is 0 Å². The summed E-state index contributed by atoms with van der Waals surface area (Å²) >= 11 is 6.02. The lowest BCUT2D eigenvalue weighted by Gasteiger charge is -2.20. The topological polar surface area (TPSA) is 62.5 Å². The lowest BCUT2D eigenvalue weighted by Crippen LogP contribution is -2.42. The van der Waals surface area contributed by atoms with Crippen molar-refractivity contribution in [1.29, 1.82) is 0 Å². The second-order valence-corrected chi connectivity index (χ2v) is 7.46. The summed E-state index contributed by atoms with van der Waals surface area (Å²) in [4.78, 5) is 20.2. The minimum Gasteiger partial charge on any atom is -0.361 e. The second kappa shape index (κ2) is 7.63. The number of carbonyl (C=O) groups is 1. The SMILES string of the molecule is O=C(c1ccc(-c2cnc3c(NCC(F)(F)C(F)(F)F)nccn23)cc1)N(Cl)C1CC1. The van der Waals surface area contributed by atoms with Crippen LogP contribution in [0.2, 0.25) is 0 Å². The molecule has 1 N–H and O–H groups in total. The van der Waals surface area contributed by atoms with Crippen molar-refractivity contribution in [3.63, 3.8) is 0 Å². The second-order valence-electron chi connectivity index (χ2n) is 7.09. The van der Waals surface area contributed by atoms with E-state index in [4.69, 9.17) is 11.8 Å². The first-order valence-electron chi connectivity index (χ1n) is 9.19. The van der Waals surface area contributed by atoms with Crippen LogP contribution in [0.15, 0.2) is 42.9 Å². The summed E-state index contributed by atoms with van der Waals surface area (Å²) in [6.07, 6.45) is 0.243. The van der Waals surface area contributed by atoms with Crippen molar-refractivity contribution in [3.05, 3.63) is 48.4 Å². The summed E-state index contributed by atoms with van der Waals surface area (Å²) in [6.45, 7) is -1.67. The molecule has 2 aromatic heterocycles. The fourth-order valence-corrected chi connectivity index (χ4v) is 3.22. The Bertz CT molecular complexity index is 1110. The van der Waals surface area contributed by atoms with Gasteiger partial charge < -0.3 is 5.32 Å². The highest BCUT2D eigenvalue weighted by Gasteiger charge is 2.57. The molecule has 1 amide bonds. The quantitative estimate of drug-likeness (QED) is 0.426. The average Bonchev–Trinajstić information content (AvgIpc) is 3.49. The summed E-state index contributed by atoms with van der Waals surface area (Å²) in [5, 5.41) is 2.02. The van der Waals surface area contributed by atoms with Gasteiger partial charge in [0.1, 0.15) is 0 Å². The van der Waals surface area contributed by atoms with Crippen molar-refractivity contribution in [2.24, 2.45) is 0 Å². The Labute approximate surface area is 177 Å². The largest absolute Gasteiger partial charge is 0.455 e. The predicted molar refractivity (Wildman–Crippen MR) is 103 cm³/mol. The highest BCUT2D eigenvalue weighted by atomic mass is 35.5. The molecule has 1 aliphatic rings. The molecule has 4 rings (SSSR count). The Balaban J connectivity index is 1.57. The summed E-state index contributed by atoms with van der Waals surface area (Å²) in [5.74, 6) is -5.45. The van der Waals surface area contributed by atoms with Gasteiger partial charge in [-0.2, -0.15) is 22.0 Å². The van der Waals surface area contributed by atoms with E-state index in [9.17, 15) is 26.7 Å². The average molecular weight is 460 g/mol. The zero-order chi connectivity index (χ0) is 22.4. The third-order valence-corrected chi connectivity index (χ3v) is 5.24. The molecule has 1 aromatic carbocycles. The van der Waals surface area contributed by atoms with Crippen molar-refractivity contribution in [2.45, 2.75) is 31.0 Å². The number of aromatic nitrogens is 3. The Kier molecular flexibility index (Phi) is 5.24. The first-order chi connectivity index (χ1) is 14.6. The van der Waals surface area contributed by atoms with E-state index in [1.54, 1.807) is 24.3 Å². The summed E-state index contributed by atoms with van der Waals surface area (Å²) in [7, 11) is 0. The molecule has 1 saturated carbocycles. The van der Waals surface area contributed by atoms with E-state index in [1.807, 2.05) is 5.32 Å². The van der Waals surface area contributed by atoms with Gasteiger partial charge in [-0.3, -0.25) is 9.20 Å². The molecule has 0 atom stereocenters. The normalized spacial score (nSPS) is 14.6. The first kappa shape index (κ1) is 21.3. The van der Waals surface area contributed by atoms with E-state index < -0.39 is 18.6 Å². The minimum atomic E-state index is -5.68. The van der Waals surface area contributed by atoms with Gasteiger partial charge in [0.2, 0.25) is 0 Å². The molecule has 0 aliphatic heterocycles. The summed E-state index contributed by atoms with van der Waals surface area (Å²) in [5.41, 5.74) is 1.66. The van der Waals surface area contributed by atoms with E-state index in [1.165, 1.54) is 27.4 Å². The molecular formula is C19H15ClF5N5O. The van der Waals surface area contributed by atoms with Crippen LogP contribution in [0.25, 0.3) is 16.9 Å². The number of anilines is 1. The van der Waals surface area contributed by atoms with Crippen molar-refractivity contribution < 1.29 is 26.7 Å². The highest BCUT2D eigenvalue weighted by Crippen LogP contribution is 2.35. The van der Waals surface area contributed by atoms with Gasteiger partial charge in [0.05, 0.1) is 18.4 Å². The van der Waals surface area contributed by atoms with E-state index in [-0.39, 0.29) is 23.4 Å². The van der Waals surface area contributed by atoms with Gasteiger partial charge in [-0.1, -0.05) is 12.1 Å². The molecule has 164 valence electrons. The number of halogens is 6. The predicted octanol–water partition coefficient (Wildman–Crippen LogP) is 4.76. The number of alkyl halides is 5. The van der Waals surface area contributed by atoms with Crippen LogP contribution < -0.4 is 5.32 Å². The Hall–Kier alpha value is -2.95. The standard InChI is InChI=1S/C19H15ClF5N5O/c20-30(13-5-6-13)17(31)12-3-1-11(2-4-12)14-9-27-16-15(26-7-8-29(14)16)28-10-18(21,22)19(23,24)25/h1-4,7-9,13H,5-6,10H2,(H,26,28). The third-order valence-electron chi connectivity index (χ3n) is 4.81. The van der Waals surface area contributed by atoms with E-state index in [2.05, 4.69) is 9.97 Å². The van der Waals surface area contributed by atoms with Crippen LogP contribution in [-0.4, -0.2) is 49.4 Å². The Morgan fingerprint density at radius 2 is 1.84 bits per heavy atom. The van der Waals surface area contributed by atoms with Crippen LogP contribution in [-0.2, 0) is 0 Å². The number of carbonyl (C=O) groups excluding carboxylic acids is 1. The molecule has 0 bridgehead atoms. The van der Waals surface area contributed by atoms with Crippen molar-refractivity contribution in [1.82, 2.24) is 18.8 Å². The van der Waals surface area contributed by atoms with Gasteiger partial charge in [0.25, 0.3) is 5.91 Å². The van der Waals surface area contributed by atoms with Gasteiger partial charge in [-0.05, 0) is 25.0 Å². The van der Waals surface area contributed by atoms with Crippen molar-refractivity contribution in [3.8, 4) is 11.3 Å².